The molecule has 0 saturated carbocycles. The van der Waals surface area contributed by atoms with Crippen LogP contribution in [0.3, 0.4) is 0 Å². The van der Waals surface area contributed by atoms with Crippen LogP contribution in [0.5, 0.6) is 0 Å². The van der Waals surface area contributed by atoms with E-state index >= 15 is 0 Å². The topological polar surface area (TPSA) is 65.8 Å². The van der Waals surface area contributed by atoms with Crippen molar-refractivity contribution in [2.45, 2.75) is 26.4 Å². The Morgan fingerprint density at radius 3 is 2.76 bits per heavy atom. The summed E-state index contributed by atoms with van der Waals surface area (Å²) in [6, 6.07) is 5.34. The van der Waals surface area contributed by atoms with Crippen molar-refractivity contribution >= 4 is 5.82 Å². The van der Waals surface area contributed by atoms with Crippen LogP contribution in [0.25, 0.3) is 0 Å². The normalized spacial score (nSPS) is 10.6. The summed E-state index contributed by atoms with van der Waals surface area (Å²) in [5, 5.41) is 4.09. The van der Waals surface area contributed by atoms with Gasteiger partial charge in [-0.3, -0.25) is 9.48 Å². The van der Waals surface area contributed by atoms with Crippen molar-refractivity contribution in [2.24, 2.45) is 0 Å². The van der Waals surface area contributed by atoms with Crippen molar-refractivity contribution in [1.82, 2.24) is 14.3 Å². The fourth-order valence-electron chi connectivity index (χ4n) is 1.70. The van der Waals surface area contributed by atoms with Crippen LogP contribution in [0.15, 0.2) is 35.4 Å². The first-order valence-corrected chi connectivity index (χ1v) is 5.61. The molecule has 0 aliphatic rings. The van der Waals surface area contributed by atoms with Gasteiger partial charge in [-0.05, 0) is 31.0 Å². The molecule has 2 rings (SSSR count). The first-order valence-electron chi connectivity index (χ1n) is 5.61. The van der Waals surface area contributed by atoms with Gasteiger partial charge in [0, 0.05) is 31.5 Å². The molecule has 0 aliphatic carbocycles. The summed E-state index contributed by atoms with van der Waals surface area (Å²) < 4.78 is 3.49. The molecule has 0 atom stereocenters. The zero-order valence-corrected chi connectivity index (χ0v) is 9.84. The minimum absolute atomic E-state index is 0.0463. The van der Waals surface area contributed by atoms with Crippen LogP contribution >= 0.6 is 0 Å². The lowest BCUT2D eigenvalue weighted by molar-refractivity contribution is 0.520. The Labute approximate surface area is 99.5 Å². The van der Waals surface area contributed by atoms with Gasteiger partial charge in [0.25, 0.3) is 5.56 Å². The van der Waals surface area contributed by atoms with Gasteiger partial charge in [0.2, 0.25) is 0 Å². The van der Waals surface area contributed by atoms with Gasteiger partial charge < -0.3 is 10.3 Å². The third-order valence-electron chi connectivity index (χ3n) is 2.60. The summed E-state index contributed by atoms with van der Waals surface area (Å²) >= 11 is 0. The number of nitrogen functional groups attached to an aromatic ring is 1. The molecule has 0 bridgehead atoms. The lowest BCUT2D eigenvalue weighted by atomic mass is 10.3. The molecule has 0 amide bonds. The molecule has 0 saturated heterocycles. The number of anilines is 1. The van der Waals surface area contributed by atoms with E-state index in [0.29, 0.717) is 12.4 Å². The highest BCUT2D eigenvalue weighted by Crippen LogP contribution is 1.98. The minimum atomic E-state index is 0.0463. The van der Waals surface area contributed by atoms with Gasteiger partial charge >= 0.3 is 0 Å². The standard InChI is InChI=1S/C12H16N4O/c1-10-3-7-15(12(17)9-10)5-2-6-16-8-4-11(13)14-16/h3-4,7-9H,2,5-6H2,1H3,(H2,13,14). The van der Waals surface area contributed by atoms with Gasteiger partial charge in [-0.2, -0.15) is 5.10 Å². The Hall–Kier alpha value is -2.04. The lowest BCUT2D eigenvalue weighted by Gasteiger charge is -2.05. The number of hydrogen-bond donors (Lipinski definition) is 1. The molecule has 5 heteroatoms. The van der Waals surface area contributed by atoms with Gasteiger partial charge in [0.15, 0.2) is 0 Å². The quantitative estimate of drug-likeness (QED) is 0.856. The van der Waals surface area contributed by atoms with Crippen molar-refractivity contribution in [2.75, 3.05) is 5.73 Å². The van der Waals surface area contributed by atoms with E-state index in [1.54, 1.807) is 21.4 Å². The predicted molar refractivity (Wildman–Crippen MR) is 66.7 cm³/mol. The molecule has 0 aliphatic heterocycles. The fourth-order valence-corrected chi connectivity index (χ4v) is 1.70. The van der Waals surface area contributed by atoms with Crippen molar-refractivity contribution < 1.29 is 0 Å². The Morgan fingerprint density at radius 1 is 1.29 bits per heavy atom. The van der Waals surface area contributed by atoms with E-state index in [1.807, 2.05) is 25.4 Å². The van der Waals surface area contributed by atoms with Crippen molar-refractivity contribution in [3.8, 4) is 0 Å². The number of hydrogen-bond acceptors (Lipinski definition) is 3. The number of rotatable bonds is 4. The van der Waals surface area contributed by atoms with Crippen LogP contribution in [0.1, 0.15) is 12.0 Å². The van der Waals surface area contributed by atoms with E-state index in [0.717, 1.165) is 18.5 Å². The Kier molecular flexibility index (Phi) is 3.27. The first-order chi connectivity index (χ1) is 8.15. The van der Waals surface area contributed by atoms with Crippen molar-refractivity contribution in [3.05, 3.63) is 46.5 Å². The second-order valence-corrected chi connectivity index (χ2v) is 4.09. The van der Waals surface area contributed by atoms with Gasteiger partial charge in [-0.25, -0.2) is 0 Å². The molecular formula is C12H16N4O. The second kappa shape index (κ2) is 4.86. The van der Waals surface area contributed by atoms with Crippen LogP contribution < -0.4 is 11.3 Å². The van der Waals surface area contributed by atoms with Crippen molar-refractivity contribution in [3.63, 3.8) is 0 Å². The van der Waals surface area contributed by atoms with E-state index < -0.39 is 0 Å². The number of aromatic nitrogens is 3. The van der Waals surface area contributed by atoms with Crippen LogP contribution in [0.2, 0.25) is 0 Å². The van der Waals surface area contributed by atoms with Crippen LogP contribution in [0, 0.1) is 6.92 Å². The largest absolute Gasteiger partial charge is 0.382 e. The average Bonchev–Trinajstić information content (AvgIpc) is 2.68. The maximum absolute atomic E-state index is 11.6. The summed E-state index contributed by atoms with van der Waals surface area (Å²) in [4.78, 5) is 11.6. The second-order valence-electron chi connectivity index (χ2n) is 4.09. The van der Waals surface area contributed by atoms with Crippen LogP contribution in [-0.4, -0.2) is 14.3 Å². The molecule has 2 aromatic rings. The van der Waals surface area contributed by atoms with E-state index in [4.69, 9.17) is 5.73 Å². The van der Waals surface area contributed by atoms with E-state index in [2.05, 4.69) is 5.10 Å². The summed E-state index contributed by atoms with van der Waals surface area (Å²) in [7, 11) is 0. The Bertz CT molecular complexity index is 556. The van der Waals surface area contributed by atoms with Gasteiger partial charge in [-0.1, -0.05) is 0 Å². The number of nitrogens with two attached hydrogens (primary N) is 1. The van der Waals surface area contributed by atoms with Crippen LogP contribution in [-0.2, 0) is 13.1 Å². The highest BCUT2D eigenvalue weighted by atomic mass is 16.1. The molecule has 0 radical (unpaired) electrons. The third-order valence-corrected chi connectivity index (χ3v) is 2.60. The third kappa shape index (κ3) is 2.96. The Balaban J connectivity index is 1.92. The maximum Gasteiger partial charge on any atom is 0.250 e. The monoisotopic (exact) mass is 232 g/mol. The minimum Gasteiger partial charge on any atom is -0.382 e. The molecule has 2 aromatic heterocycles. The Morgan fingerprint density at radius 2 is 2.12 bits per heavy atom. The maximum atomic E-state index is 11.6. The van der Waals surface area contributed by atoms with Gasteiger partial charge in [0.1, 0.15) is 5.82 Å². The summed E-state index contributed by atoms with van der Waals surface area (Å²) in [5.74, 6) is 0.525. The first kappa shape index (κ1) is 11.4. The summed E-state index contributed by atoms with van der Waals surface area (Å²) in [6.45, 7) is 3.37. The van der Waals surface area contributed by atoms with E-state index in [1.165, 1.54) is 0 Å². The zero-order chi connectivity index (χ0) is 12.3. The molecular weight excluding hydrogens is 216 g/mol. The molecule has 0 unspecified atom stereocenters. The van der Waals surface area contributed by atoms with E-state index in [9.17, 15) is 4.79 Å². The van der Waals surface area contributed by atoms with Crippen LogP contribution in [0.4, 0.5) is 5.82 Å². The molecule has 0 fully saturated rings. The van der Waals surface area contributed by atoms with E-state index in [-0.39, 0.29) is 5.56 Å². The smallest absolute Gasteiger partial charge is 0.250 e. The number of aryl methyl sites for hydroxylation is 3. The summed E-state index contributed by atoms with van der Waals surface area (Å²) in [5.41, 5.74) is 6.55. The summed E-state index contributed by atoms with van der Waals surface area (Å²) in [6.07, 6.45) is 4.52. The zero-order valence-electron chi connectivity index (χ0n) is 9.84. The lowest BCUT2D eigenvalue weighted by Crippen LogP contribution is -2.19. The average molecular weight is 232 g/mol. The van der Waals surface area contributed by atoms with Gasteiger partial charge in [-0.15, -0.1) is 0 Å². The molecule has 2 N–H and O–H groups in total. The molecule has 90 valence electrons. The molecule has 0 spiro atoms. The fraction of sp³-hybridized carbons (Fsp3) is 0.333. The number of pyridine rings is 1. The SMILES string of the molecule is Cc1ccn(CCCn2ccc(N)n2)c(=O)c1. The highest BCUT2D eigenvalue weighted by Gasteiger charge is 1.98. The van der Waals surface area contributed by atoms with Gasteiger partial charge in [0.05, 0.1) is 0 Å². The molecule has 0 aromatic carbocycles. The molecule has 2 heterocycles. The van der Waals surface area contributed by atoms with Crippen molar-refractivity contribution in [1.29, 1.82) is 0 Å². The molecule has 5 nitrogen and oxygen atoms in total. The predicted octanol–water partition coefficient (Wildman–Crippen LogP) is 1.03. The highest BCUT2D eigenvalue weighted by molar-refractivity contribution is 5.23. The molecule has 17 heavy (non-hydrogen) atoms. The number of nitrogens with zero attached hydrogens (tertiary/aromatic N) is 3.